The monoisotopic (exact) mass is 192 g/mol. The Morgan fingerprint density at radius 1 is 1.29 bits per heavy atom. The number of hydrogen-bond acceptors (Lipinski definition) is 2. The first-order valence-electron chi connectivity index (χ1n) is 5.09. The van der Waals surface area contributed by atoms with Gasteiger partial charge in [-0.2, -0.15) is 0 Å². The van der Waals surface area contributed by atoms with Gasteiger partial charge in [-0.1, -0.05) is 37.3 Å². The fraction of sp³-hybridized carbons (Fsp3) is 0.500. The lowest BCUT2D eigenvalue weighted by molar-refractivity contribution is -0.0691. The van der Waals surface area contributed by atoms with Crippen LogP contribution in [0, 0.1) is 0 Å². The van der Waals surface area contributed by atoms with Gasteiger partial charge >= 0.3 is 0 Å². The molecule has 1 aliphatic heterocycles. The molecule has 0 spiro atoms. The predicted molar refractivity (Wildman–Crippen MR) is 55.1 cm³/mol. The highest BCUT2D eigenvalue weighted by Gasteiger charge is 2.28. The fourth-order valence-corrected chi connectivity index (χ4v) is 1.71. The molecule has 0 radical (unpaired) electrons. The maximum absolute atomic E-state index is 5.66. The second-order valence-corrected chi connectivity index (χ2v) is 3.85. The van der Waals surface area contributed by atoms with E-state index in [1.54, 1.807) is 0 Å². The standard InChI is InChI=1S/C12H16O2/c1-9-8-13-12(14-9)10(2)11-6-4-3-5-7-11/h3-7,9-10,12H,8H2,1-2H3/t9-,10+,12-/m1/s1. The van der Waals surface area contributed by atoms with E-state index in [0.29, 0.717) is 12.5 Å². The minimum absolute atomic E-state index is 0.0765. The molecule has 0 amide bonds. The van der Waals surface area contributed by atoms with Crippen LogP contribution in [-0.4, -0.2) is 19.0 Å². The molecule has 14 heavy (non-hydrogen) atoms. The van der Waals surface area contributed by atoms with E-state index in [2.05, 4.69) is 19.1 Å². The summed E-state index contributed by atoms with van der Waals surface area (Å²) in [4.78, 5) is 0. The highest BCUT2D eigenvalue weighted by molar-refractivity contribution is 5.19. The highest BCUT2D eigenvalue weighted by Crippen LogP contribution is 2.26. The molecule has 0 unspecified atom stereocenters. The van der Waals surface area contributed by atoms with Gasteiger partial charge in [0.05, 0.1) is 12.7 Å². The lowest BCUT2D eigenvalue weighted by Crippen LogP contribution is -2.17. The van der Waals surface area contributed by atoms with Gasteiger partial charge in [-0.3, -0.25) is 0 Å². The second kappa shape index (κ2) is 4.11. The predicted octanol–water partition coefficient (Wildman–Crippen LogP) is 2.55. The molecule has 2 rings (SSSR count). The minimum Gasteiger partial charge on any atom is -0.349 e. The Hall–Kier alpha value is -0.860. The molecule has 1 aromatic rings. The van der Waals surface area contributed by atoms with Crippen LogP contribution >= 0.6 is 0 Å². The summed E-state index contributed by atoms with van der Waals surface area (Å²) < 4.78 is 11.2. The van der Waals surface area contributed by atoms with Gasteiger partial charge in [-0.25, -0.2) is 0 Å². The van der Waals surface area contributed by atoms with Gasteiger partial charge in [0, 0.05) is 5.92 Å². The van der Waals surface area contributed by atoms with E-state index >= 15 is 0 Å². The average Bonchev–Trinajstić information content (AvgIpc) is 2.65. The van der Waals surface area contributed by atoms with Crippen LogP contribution in [-0.2, 0) is 9.47 Å². The van der Waals surface area contributed by atoms with Crippen molar-refractivity contribution in [1.29, 1.82) is 0 Å². The molecule has 1 aromatic carbocycles. The lowest BCUT2D eigenvalue weighted by Gasteiger charge is -2.18. The van der Waals surface area contributed by atoms with Crippen LogP contribution in [0.15, 0.2) is 30.3 Å². The lowest BCUT2D eigenvalue weighted by atomic mass is 10.0. The summed E-state index contributed by atoms with van der Waals surface area (Å²) in [6.45, 7) is 4.89. The van der Waals surface area contributed by atoms with Crippen molar-refractivity contribution in [3.8, 4) is 0 Å². The van der Waals surface area contributed by atoms with Gasteiger partial charge < -0.3 is 9.47 Å². The number of benzene rings is 1. The molecule has 2 nitrogen and oxygen atoms in total. The zero-order chi connectivity index (χ0) is 9.97. The Balaban J connectivity index is 2.05. The molecular weight excluding hydrogens is 176 g/mol. The van der Waals surface area contributed by atoms with Crippen molar-refractivity contribution in [2.24, 2.45) is 0 Å². The molecule has 0 saturated carbocycles. The fourth-order valence-electron chi connectivity index (χ4n) is 1.71. The summed E-state index contributed by atoms with van der Waals surface area (Å²) in [5, 5.41) is 0. The molecule has 3 atom stereocenters. The first kappa shape index (κ1) is 9.69. The molecular formula is C12H16O2. The first-order valence-corrected chi connectivity index (χ1v) is 5.09. The topological polar surface area (TPSA) is 18.5 Å². The molecule has 76 valence electrons. The van der Waals surface area contributed by atoms with Crippen molar-refractivity contribution in [2.45, 2.75) is 32.2 Å². The summed E-state index contributed by atoms with van der Waals surface area (Å²) in [6, 6.07) is 10.3. The minimum atomic E-state index is -0.0765. The van der Waals surface area contributed by atoms with Crippen LogP contribution in [0.3, 0.4) is 0 Å². The molecule has 1 saturated heterocycles. The van der Waals surface area contributed by atoms with Crippen molar-refractivity contribution < 1.29 is 9.47 Å². The van der Waals surface area contributed by atoms with Crippen molar-refractivity contribution in [1.82, 2.24) is 0 Å². The summed E-state index contributed by atoms with van der Waals surface area (Å²) in [7, 11) is 0. The maximum atomic E-state index is 5.66. The van der Waals surface area contributed by atoms with E-state index < -0.39 is 0 Å². The van der Waals surface area contributed by atoms with Crippen molar-refractivity contribution in [2.75, 3.05) is 6.61 Å². The number of ether oxygens (including phenoxy) is 2. The van der Waals surface area contributed by atoms with Gasteiger partial charge in [0.2, 0.25) is 0 Å². The maximum Gasteiger partial charge on any atom is 0.164 e. The van der Waals surface area contributed by atoms with E-state index in [0.717, 1.165) is 0 Å². The smallest absolute Gasteiger partial charge is 0.164 e. The summed E-state index contributed by atoms with van der Waals surface area (Å²) in [5.41, 5.74) is 1.27. The van der Waals surface area contributed by atoms with Crippen molar-refractivity contribution in [3.63, 3.8) is 0 Å². The Labute approximate surface area is 84.8 Å². The molecule has 0 bridgehead atoms. The molecule has 0 N–H and O–H groups in total. The van der Waals surface area contributed by atoms with Gasteiger partial charge in [-0.05, 0) is 12.5 Å². The van der Waals surface area contributed by atoms with Crippen molar-refractivity contribution in [3.05, 3.63) is 35.9 Å². The quantitative estimate of drug-likeness (QED) is 0.717. The SMILES string of the molecule is C[C@@H]1CO[C@@H]([C@@H](C)c2ccccc2)O1. The van der Waals surface area contributed by atoms with Crippen LogP contribution in [0.2, 0.25) is 0 Å². The number of hydrogen-bond donors (Lipinski definition) is 0. The Kier molecular flexibility index (Phi) is 2.85. The van der Waals surface area contributed by atoms with Crippen LogP contribution in [0.5, 0.6) is 0 Å². The highest BCUT2D eigenvalue weighted by atomic mass is 16.7. The van der Waals surface area contributed by atoms with Crippen LogP contribution in [0.4, 0.5) is 0 Å². The molecule has 1 heterocycles. The van der Waals surface area contributed by atoms with Gasteiger partial charge in [-0.15, -0.1) is 0 Å². The Bertz CT molecular complexity index is 284. The van der Waals surface area contributed by atoms with Crippen LogP contribution in [0.25, 0.3) is 0 Å². The Morgan fingerprint density at radius 3 is 2.57 bits per heavy atom. The van der Waals surface area contributed by atoms with E-state index in [9.17, 15) is 0 Å². The van der Waals surface area contributed by atoms with E-state index in [1.165, 1.54) is 5.56 Å². The zero-order valence-electron chi connectivity index (χ0n) is 8.64. The van der Waals surface area contributed by atoms with E-state index in [1.807, 2.05) is 25.1 Å². The van der Waals surface area contributed by atoms with Crippen LogP contribution in [0.1, 0.15) is 25.3 Å². The molecule has 2 heteroatoms. The molecule has 0 aromatic heterocycles. The van der Waals surface area contributed by atoms with Gasteiger partial charge in [0.1, 0.15) is 0 Å². The third-order valence-electron chi connectivity index (χ3n) is 2.60. The van der Waals surface area contributed by atoms with E-state index in [4.69, 9.17) is 9.47 Å². The second-order valence-electron chi connectivity index (χ2n) is 3.85. The third-order valence-corrected chi connectivity index (χ3v) is 2.60. The molecule has 1 fully saturated rings. The zero-order valence-corrected chi connectivity index (χ0v) is 8.64. The summed E-state index contributed by atoms with van der Waals surface area (Å²) >= 11 is 0. The average molecular weight is 192 g/mol. The first-order chi connectivity index (χ1) is 6.77. The summed E-state index contributed by atoms with van der Waals surface area (Å²) in [6.07, 6.45) is 0.151. The molecule has 0 aliphatic carbocycles. The largest absolute Gasteiger partial charge is 0.349 e. The van der Waals surface area contributed by atoms with Gasteiger partial charge in [0.15, 0.2) is 6.29 Å². The van der Waals surface area contributed by atoms with Gasteiger partial charge in [0.25, 0.3) is 0 Å². The Morgan fingerprint density at radius 2 is 2.00 bits per heavy atom. The molecule has 1 aliphatic rings. The third kappa shape index (κ3) is 1.97. The van der Waals surface area contributed by atoms with Crippen LogP contribution < -0.4 is 0 Å². The normalized spacial score (nSPS) is 29.0. The van der Waals surface area contributed by atoms with Crippen molar-refractivity contribution >= 4 is 0 Å². The summed E-state index contributed by atoms with van der Waals surface area (Å²) in [5.74, 6) is 0.307. The van der Waals surface area contributed by atoms with E-state index in [-0.39, 0.29) is 12.4 Å². The number of rotatable bonds is 2.